The van der Waals surface area contributed by atoms with Gasteiger partial charge in [0.05, 0.1) is 0 Å². The topological polar surface area (TPSA) is 66.6 Å². The number of carbonyl (C=O) groups is 1. The summed E-state index contributed by atoms with van der Waals surface area (Å²) in [6.07, 6.45) is 2.35. The predicted octanol–water partition coefficient (Wildman–Crippen LogP) is 2.27. The Morgan fingerprint density at radius 2 is 1.70 bits per heavy atom. The summed E-state index contributed by atoms with van der Waals surface area (Å²) in [7, 11) is 0. The molecule has 7 heteroatoms. The van der Waals surface area contributed by atoms with Crippen LogP contribution in [0.25, 0.3) is 5.65 Å². The number of fused-ring (bicyclic) bond motifs is 1. The average molecular weight is 362 g/mol. The number of carbonyl (C=O) groups excluding carboxylic acids is 1. The molecule has 2 aliphatic rings. The van der Waals surface area contributed by atoms with Gasteiger partial charge in [-0.1, -0.05) is 17.7 Å². The van der Waals surface area contributed by atoms with Crippen LogP contribution in [0.15, 0.2) is 36.4 Å². The van der Waals surface area contributed by atoms with Crippen molar-refractivity contribution in [1.29, 1.82) is 0 Å². The molecule has 1 aromatic carbocycles. The third-order valence-corrected chi connectivity index (χ3v) is 5.40. The molecule has 1 aliphatic carbocycles. The number of hydrogen-bond acceptors (Lipinski definition) is 5. The number of anilines is 1. The second kappa shape index (κ2) is 6.33. The summed E-state index contributed by atoms with van der Waals surface area (Å²) < 4.78 is 1.89. The molecule has 1 amide bonds. The molecule has 0 spiro atoms. The first-order valence-corrected chi connectivity index (χ1v) is 9.52. The van der Waals surface area contributed by atoms with Gasteiger partial charge in [0.15, 0.2) is 11.5 Å². The van der Waals surface area contributed by atoms with Crippen molar-refractivity contribution < 1.29 is 4.79 Å². The van der Waals surface area contributed by atoms with Crippen LogP contribution in [0.5, 0.6) is 0 Å². The molecule has 3 heterocycles. The molecule has 1 saturated heterocycles. The minimum absolute atomic E-state index is 0.105. The number of aryl methyl sites for hydroxylation is 1. The van der Waals surface area contributed by atoms with Crippen molar-refractivity contribution in [3.8, 4) is 0 Å². The lowest BCUT2D eigenvalue weighted by molar-refractivity contribution is 0.0746. The highest BCUT2D eigenvalue weighted by Crippen LogP contribution is 2.38. The summed E-state index contributed by atoms with van der Waals surface area (Å²) in [5.41, 5.74) is 2.72. The Balaban J connectivity index is 1.30. The summed E-state index contributed by atoms with van der Waals surface area (Å²) in [6.45, 7) is 4.98. The zero-order chi connectivity index (χ0) is 18.4. The van der Waals surface area contributed by atoms with Gasteiger partial charge in [-0.25, -0.2) is 0 Å². The van der Waals surface area contributed by atoms with E-state index in [1.54, 1.807) is 0 Å². The lowest BCUT2D eigenvalue weighted by Crippen LogP contribution is -2.49. The minimum atomic E-state index is 0.105. The molecular formula is C20H22N6O. The maximum absolute atomic E-state index is 12.7. The maximum atomic E-state index is 12.7. The third-order valence-electron chi connectivity index (χ3n) is 5.40. The van der Waals surface area contributed by atoms with Crippen molar-refractivity contribution >= 4 is 17.4 Å². The first-order valence-electron chi connectivity index (χ1n) is 9.52. The Morgan fingerprint density at radius 3 is 2.41 bits per heavy atom. The van der Waals surface area contributed by atoms with Gasteiger partial charge in [0.1, 0.15) is 5.82 Å². The van der Waals surface area contributed by atoms with E-state index in [4.69, 9.17) is 5.10 Å². The SMILES string of the molecule is Cc1ccc(C(=O)N2CCN(c3ccc4nnc(C5CC5)n4n3)CC2)cc1. The Labute approximate surface area is 157 Å². The summed E-state index contributed by atoms with van der Waals surface area (Å²) in [4.78, 5) is 16.8. The van der Waals surface area contributed by atoms with Crippen molar-refractivity contribution in [3.05, 3.63) is 53.3 Å². The molecule has 5 rings (SSSR count). The van der Waals surface area contributed by atoms with Gasteiger partial charge in [0.25, 0.3) is 5.91 Å². The second-order valence-corrected chi connectivity index (χ2v) is 7.44. The van der Waals surface area contributed by atoms with Crippen molar-refractivity contribution in [2.24, 2.45) is 0 Å². The molecule has 7 nitrogen and oxygen atoms in total. The molecule has 2 aromatic heterocycles. The van der Waals surface area contributed by atoms with Crippen LogP contribution in [-0.2, 0) is 0 Å². The minimum Gasteiger partial charge on any atom is -0.352 e. The molecule has 0 N–H and O–H groups in total. The molecule has 138 valence electrons. The highest BCUT2D eigenvalue weighted by molar-refractivity contribution is 5.94. The standard InChI is InChI=1S/C20H22N6O/c1-14-2-4-16(5-3-14)20(27)25-12-10-24(11-13-25)18-9-8-17-21-22-19(15-6-7-15)26(17)23-18/h2-5,8-9,15H,6-7,10-13H2,1H3. The van der Waals surface area contributed by atoms with E-state index < -0.39 is 0 Å². The molecule has 0 atom stereocenters. The van der Waals surface area contributed by atoms with E-state index >= 15 is 0 Å². The number of rotatable bonds is 3. The predicted molar refractivity (Wildman–Crippen MR) is 102 cm³/mol. The van der Waals surface area contributed by atoms with Crippen molar-refractivity contribution in [1.82, 2.24) is 24.7 Å². The van der Waals surface area contributed by atoms with E-state index in [-0.39, 0.29) is 5.91 Å². The van der Waals surface area contributed by atoms with E-state index in [0.29, 0.717) is 19.0 Å². The molecule has 1 aliphatic heterocycles. The summed E-state index contributed by atoms with van der Waals surface area (Å²) >= 11 is 0. The molecule has 0 unspecified atom stereocenters. The fraction of sp³-hybridized carbons (Fsp3) is 0.400. The zero-order valence-electron chi connectivity index (χ0n) is 15.4. The lowest BCUT2D eigenvalue weighted by Gasteiger charge is -2.35. The smallest absolute Gasteiger partial charge is 0.253 e. The van der Waals surface area contributed by atoms with Crippen LogP contribution in [0.1, 0.15) is 40.5 Å². The van der Waals surface area contributed by atoms with Gasteiger partial charge in [-0.15, -0.1) is 15.3 Å². The van der Waals surface area contributed by atoms with Crippen LogP contribution < -0.4 is 4.90 Å². The van der Waals surface area contributed by atoms with Crippen LogP contribution in [0.4, 0.5) is 5.82 Å². The van der Waals surface area contributed by atoms with Crippen molar-refractivity contribution in [2.75, 3.05) is 31.1 Å². The van der Waals surface area contributed by atoms with Crippen molar-refractivity contribution in [3.63, 3.8) is 0 Å². The van der Waals surface area contributed by atoms with Gasteiger partial charge in [-0.3, -0.25) is 4.79 Å². The monoisotopic (exact) mass is 362 g/mol. The van der Waals surface area contributed by atoms with Crippen LogP contribution in [0.2, 0.25) is 0 Å². The largest absolute Gasteiger partial charge is 0.352 e. The Kier molecular flexibility index (Phi) is 3.81. The van der Waals surface area contributed by atoms with Gasteiger partial charge >= 0.3 is 0 Å². The molecule has 3 aromatic rings. The number of hydrogen-bond donors (Lipinski definition) is 0. The van der Waals surface area contributed by atoms with Crippen LogP contribution >= 0.6 is 0 Å². The first-order chi connectivity index (χ1) is 13.2. The quantitative estimate of drug-likeness (QED) is 0.715. The van der Waals surface area contributed by atoms with Crippen LogP contribution in [0, 0.1) is 6.92 Å². The van der Waals surface area contributed by atoms with Crippen LogP contribution in [-0.4, -0.2) is 56.8 Å². The van der Waals surface area contributed by atoms with E-state index in [9.17, 15) is 4.79 Å². The van der Waals surface area contributed by atoms with Gasteiger partial charge in [-0.2, -0.15) is 4.52 Å². The van der Waals surface area contributed by atoms with E-state index in [2.05, 4.69) is 15.1 Å². The molecule has 0 radical (unpaired) electrons. The van der Waals surface area contributed by atoms with E-state index in [1.165, 1.54) is 12.8 Å². The summed E-state index contributed by atoms with van der Waals surface area (Å²) in [5, 5.41) is 13.3. The third kappa shape index (κ3) is 3.03. The van der Waals surface area contributed by atoms with Gasteiger partial charge in [0.2, 0.25) is 0 Å². The normalized spacial score (nSPS) is 17.5. The number of aromatic nitrogens is 4. The zero-order valence-corrected chi connectivity index (χ0v) is 15.4. The number of benzene rings is 1. The van der Waals surface area contributed by atoms with Gasteiger partial charge in [0, 0.05) is 37.7 Å². The summed E-state index contributed by atoms with van der Waals surface area (Å²) in [5.74, 6) is 2.51. The lowest BCUT2D eigenvalue weighted by atomic mass is 10.1. The number of piperazine rings is 1. The Bertz CT molecular complexity index is 983. The van der Waals surface area contributed by atoms with Gasteiger partial charge < -0.3 is 9.80 Å². The van der Waals surface area contributed by atoms with Crippen molar-refractivity contribution in [2.45, 2.75) is 25.7 Å². The molecule has 0 bridgehead atoms. The first kappa shape index (κ1) is 16.2. The van der Waals surface area contributed by atoms with E-state index in [1.807, 2.05) is 52.7 Å². The van der Waals surface area contributed by atoms with Crippen LogP contribution in [0.3, 0.4) is 0 Å². The number of nitrogens with zero attached hydrogens (tertiary/aromatic N) is 6. The molecular weight excluding hydrogens is 340 g/mol. The Morgan fingerprint density at radius 1 is 0.963 bits per heavy atom. The van der Waals surface area contributed by atoms with E-state index in [0.717, 1.165) is 41.5 Å². The Hall–Kier alpha value is -2.96. The summed E-state index contributed by atoms with van der Waals surface area (Å²) in [6, 6.07) is 11.8. The molecule has 27 heavy (non-hydrogen) atoms. The highest BCUT2D eigenvalue weighted by atomic mass is 16.2. The molecule has 1 saturated carbocycles. The fourth-order valence-electron chi connectivity index (χ4n) is 3.58. The highest BCUT2D eigenvalue weighted by Gasteiger charge is 2.30. The second-order valence-electron chi connectivity index (χ2n) is 7.44. The van der Waals surface area contributed by atoms with Gasteiger partial charge in [-0.05, 0) is 44.0 Å². The average Bonchev–Trinajstić information content (AvgIpc) is 3.47. The fourth-order valence-corrected chi connectivity index (χ4v) is 3.58. The molecule has 2 fully saturated rings. The number of amides is 1. The maximum Gasteiger partial charge on any atom is 0.253 e.